The minimum absolute atomic E-state index is 0.132. The van der Waals surface area contributed by atoms with Gasteiger partial charge >= 0.3 is 0 Å². The van der Waals surface area contributed by atoms with Crippen molar-refractivity contribution < 1.29 is 9.84 Å². The molecule has 0 aliphatic rings. The molecule has 0 aliphatic heterocycles. The number of hydrogen-bond donors (Lipinski definition) is 1. The van der Waals surface area contributed by atoms with Gasteiger partial charge in [0.05, 0.1) is 6.61 Å². The zero-order valence-corrected chi connectivity index (χ0v) is 10.3. The quantitative estimate of drug-likeness (QED) is 0.844. The van der Waals surface area contributed by atoms with Crippen molar-refractivity contribution in [2.75, 3.05) is 13.2 Å². The lowest BCUT2D eigenvalue weighted by Crippen LogP contribution is -2.18. The molecule has 0 bridgehead atoms. The molecule has 2 aromatic carbocycles. The first-order valence-corrected chi connectivity index (χ1v) is 6.21. The third-order valence-electron chi connectivity index (χ3n) is 2.85. The Morgan fingerprint density at radius 1 is 0.889 bits per heavy atom. The molecule has 1 atom stereocenters. The van der Waals surface area contributed by atoms with E-state index in [0.29, 0.717) is 6.61 Å². The molecule has 1 unspecified atom stereocenters. The van der Waals surface area contributed by atoms with Crippen LogP contribution in [0.15, 0.2) is 60.7 Å². The molecule has 2 rings (SSSR count). The van der Waals surface area contributed by atoms with Gasteiger partial charge in [-0.2, -0.15) is 0 Å². The summed E-state index contributed by atoms with van der Waals surface area (Å²) in [6.45, 7) is 0.678. The van der Waals surface area contributed by atoms with Crippen molar-refractivity contribution in [3.05, 3.63) is 66.2 Å². The normalized spacial score (nSPS) is 12.1. The summed E-state index contributed by atoms with van der Waals surface area (Å²) in [4.78, 5) is 0. The molecule has 18 heavy (non-hydrogen) atoms. The van der Waals surface area contributed by atoms with Crippen molar-refractivity contribution in [2.24, 2.45) is 5.92 Å². The van der Waals surface area contributed by atoms with E-state index in [1.54, 1.807) is 0 Å². The fourth-order valence-electron chi connectivity index (χ4n) is 1.85. The Hall–Kier alpha value is -1.80. The average molecular weight is 242 g/mol. The fourth-order valence-corrected chi connectivity index (χ4v) is 1.85. The number of aliphatic hydroxyl groups is 1. The number of hydrogen-bond acceptors (Lipinski definition) is 2. The second-order valence-electron chi connectivity index (χ2n) is 4.36. The Kier molecular flexibility index (Phi) is 4.79. The van der Waals surface area contributed by atoms with E-state index >= 15 is 0 Å². The lowest BCUT2D eigenvalue weighted by molar-refractivity contribution is 0.162. The first kappa shape index (κ1) is 12.7. The van der Waals surface area contributed by atoms with Gasteiger partial charge in [0.15, 0.2) is 0 Å². The summed E-state index contributed by atoms with van der Waals surface area (Å²) < 4.78 is 5.67. The van der Waals surface area contributed by atoms with Crippen molar-refractivity contribution in [1.82, 2.24) is 0 Å². The van der Waals surface area contributed by atoms with E-state index in [1.807, 2.05) is 48.5 Å². The zero-order valence-electron chi connectivity index (χ0n) is 10.3. The first-order valence-electron chi connectivity index (χ1n) is 6.21. The summed E-state index contributed by atoms with van der Waals surface area (Å²) in [5.41, 5.74) is 1.23. The summed E-state index contributed by atoms with van der Waals surface area (Å²) in [6, 6.07) is 19.9. The van der Waals surface area contributed by atoms with Crippen LogP contribution in [0.5, 0.6) is 5.75 Å². The molecular formula is C16H18O2. The van der Waals surface area contributed by atoms with Gasteiger partial charge in [-0.25, -0.2) is 0 Å². The van der Waals surface area contributed by atoms with E-state index in [0.717, 1.165) is 12.2 Å². The molecule has 0 radical (unpaired) electrons. The third-order valence-corrected chi connectivity index (χ3v) is 2.85. The van der Waals surface area contributed by atoms with E-state index in [4.69, 9.17) is 4.74 Å². The summed E-state index contributed by atoms with van der Waals surface area (Å²) in [6.07, 6.45) is 0.837. The van der Waals surface area contributed by atoms with Crippen LogP contribution in [0.2, 0.25) is 0 Å². The predicted molar refractivity (Wildman–Crippen MR) is 72.7 cm³/mol. The van der Waals surface area contributed by atoms with Crippen LogP contribution in [0, 0.1) is 5.92 Å². The molecule has 0 fully saturated rings. The zero-order chi connectivity index (χ0) is 12.6. The van der Waals surface area contributed by atoms with Crippen LogP contribution < -0.4 is 4.74 Å². The van der Waals surface area contributed by atoms with Gasteiger partial charge in [-0.1, -0.05) is 48.5 Å². The lowest BCUT2D eigenvalue weighted by atomic mass is 10.0. The molecular weight excluding hydrogens is 224 g/mol. The minimum Gasteiger partial charge on any atom is -0.493 e. The van der Waals surface area contributed by atoms with Gasteiger partial charge in [-0.15, -0.1) is 0 Å². The fraction of sp³-hybridized carbons (Fsp3) is 0.250. The maximum absolute atomic E-state index is 9.39. The smallest absolute Gasteiger partial charge is 0.119 e. The molecule has 1 N–H and O–H groups in total. The van der Waals surface area contributed by atoms with Crippen LogP contribution >= 0.6 is 0 Å². The van der Waals surface area contributed by atoms with E-state index in [1.165, 1.54) is 5.56 Å². The molecule has 0 saturated heterocycles. The molecule has 0 saturated carbocycles. The van der Waals surface area contributed by atoms with E-state index < -0.39 is 0 Å². The molecule has 0 heterocycles. The summed E-state index contributed by atoms with van der Waals surface area (Å²) in [5.74, 6) is 0.983. The third kappa shape index (κ3) is 3.90. The molecule has 2 aromatic rings. The SMILES string of the molecule is OCC(COc1ccccc1)Cc1ccccc1. The van der Waals surface area contributed by atoms with Crippen molar-refractivity contribution in [3.8, 4) is 5.75 Å². The maximum atomic E-state index is 9.39. The van der Waals surface area contributed by atoms with Crippen LogP contribution in [0.3, 0.4) is 0 Å². The van der Waals surface area contributed by atoms with Crippen LogP contribution in [-0.4, -0.2) is 18.3 Å². The number of ether oxygens (including phenoxy) is 1. The van der Waals surface area contributed by atoms with Crippen molar-refractivity contribution in [2.45, 2.75) is 6.42 Å². The van der Waals surface area contributed by atoms with Gasteiger partial charge < -0.3 is 9.84 Å². The van der Waals surface area contributed by atoms with Crippen molar-refractivity contribution in [1.29, 1.82) is 0 Å². The summed E-state index contributed by atoms with van der Waals surface area (Å²) in [5, 5.41) is 9.39. The molecule has 0 aliphatic carbocycles. The van der Waals surface area contributed by atoms with Crippen LogP contribution in [-0.2, 0) is 6.42 Å². The molecule has 0 spiro atoms. The standard InChI is InChI=1S/C16H18O2/c17-12-15(11-14-7-3-1-4-8-14)13-18-16-9-5-2-6-10-16/h1-10,15,17H,11-13H2. The number of rotatable bonds is 6. The van der Waals surface area contributed by atoms with Gasteiger partial charge in [0, 0.05) is 12.5 Å². The molecule has 94 valence electrons. The number of benzene rings is 2. The highest BCUT2D eigenvalue weighted by Crippen LogP contribution is 2.13. The Balaban J connectivity index is 1.86. The maximum Gasteiger partial charge on any atom is 0.119 e. The molecule has 0 aromatic heterocycles. The summed E-state index contributed by atoms with van der Waals surface area (Å²) >= 11 is 0. The highest BCUT2D eigenvalue weighted by molar-refractivity contribution is 5.21. The van der Waals surface area contributed by atoms with Crippen LogP contribution in [0.4, 0.5) is 0 Å². The van der Waals surface area contributed by atoms with Gasteiger partial charge in [-0.3, -0.25) is 0 Å². The van der Waals surface area contributed by atoms with Crippen molar-refractivity contribution in [3.63, 3.8) is 0 Å². The van der Waals surface area contributed by atoms with Gasteiger partial charge in [0.1, 0.15) is 5.75 Å². The van der Waals surface area contributed by atoms with E-state index in [-0.39, 0.29) is 12.5 Å². The Morgan fingerprint density at radius 2 is 1.50 bits per heavy atom. The Morgan fingerprint density at radius 3 is 2.11 bits per heavy atom. The molecule has 2 heteroatoms. The van der Waals surface area contributed by atoms with Crippen molar-refractivity contribution >= 4 is 0 Å². The van der Waals surface area contributed by atoms with Gasteiger partial charge in [0.25, 0.3) is 0 Å². The highest BCUT2D eigenvalue weighted by Gasteiger charge is 2.09. The van der Waals surface area contributed by atoms with Gasteiger partial charge in [-0.05, 0) is 24.1 Å². The monoisotopic (exact) mass is 242 g/mol. The number of para-hydroxylation sites is 1. The Labute approximate surface area is 108 Å². The Bertz CT molecular complexity index is 439. The highest BCUT2D eigenvalue weighted by atomic mass is 16.5. The first-order chi connectivity index (χ1) is 8.88. The van der Waals surface area contributed by atoms with Crippen LogP contribution in [0.25, 0.3) is 0 Å². The number of aliphatic hydroxyl groups excluding tert-OH is 1. The van der Waals surface area contributed by atoms with E-state index in [9.17, 15) is 5.11 Å². The largest absolute Gasteiger partial charge is 0.493 e. The van der Waals surface area contributed by atoms with E-state index in [2.05, 4.69) is 12.1 Å². The minimum atomic E-state index is 0.132. The molecule has 0 amide bonds. The van der Waals surface area contributed by atoms with Gasteiger partial charge in [0.2, 0.25) is 0 Å². The lowest BCUT2D eigenvalue weighted by Gasteiger charge is -2.15. The second-order valence-corrected chi connectivity index (χ2v) is 4.36. The average Bonchev–Trinajstić information content (AvgIpc) is 2.45. The summed E-state index contributed by atoms with van der Waals surface area (Å²) in [7, 11) is 0. The molecule has 2 nitrogen and oxygen atoms in total. The van der Waals surface area contributed by atoms with Crippen LogP contribution in [0.1, 0.15) is 5.56 Å². The predicted octanol–water partition coefficient (Wildman–Crippen LogP) is 2.92. The topological polar surface area (TPSA) is 29.5 Å². The second kappa shape index (κ2) is 6.82.